The summed E-state index contributed by atoms with van der Waals surface area (Å²) in [4.78, 5) is 12.0. The lowest BCUT2D eigenvalue weighted by Crippen LogP contribution is -2.58. The van der Waals surface area contributed by atoms with Crippen molar-refractivity contribution in [3.05, 3.63) is 4.91 Å². The van der Waals surface area contributed by atoms with Crippen LogP contribution in [-0.2, 0) is 0 Å². The predicted molar refractivity (Wildman–Crippen MR) is 48.2 cm³/mol. The number of nitroso groups, excluding NO2 is 1. The highest BCUT2D eigenvalue weighted by Gasteiger charge is 2.73. The van der Waals surface area contributed by atoms with E-state index >= 15 is 0 Å². The normalized spacial score (nSPS) is 66.8. The van der Waals surface area contributed by atoms with Gasteiger partial charge < -0.3 is 0 Å². The highest BCUT2D eigenvalue weighted by atomic mass is 16.3. The molecular formula is C11H16NO+. The monoisotopic (exact) mass is 178 g/mol. The van der Waals surface area contributed by atoms with Gasteiger partial charge in [0.15, 0.2) is 0 Å². The minimum absolute atomic E-state index is 0.0417. The molecule has 6 unspecified atom stereocenters. The summed E-state index contributed by atoms with van der Waals surface area (Å²) in [5, 5.41) is 0. The zero-order valence-electron chi connectivity index (χ0n) is 8.07. The Morgan fingerprint density at radius 2 is 2.08 bits per heavy atom. The molecule has 2 heteroatoms. The molecule has 5 rings (SSSR count). The summed E-state index contributed by atoms with van der Waals surface area (Å²) in [6.07, 6.45) is 5.09. The number of rotatable bonds is 0. The summed E-state index contributed by atoms with van der Waals surface area (Å²) in [6.45, 7) is 2.20. The molecule has 0 amide bonds. The van der Waals surface area contributed by atoms with Crippen LogP contribution >= 0.6 is 0 Å². The molecular weight excluding hydrogens is 162 g/mol. The van der Waals surface area contributed by atoms with E-state index < -0.39 is 0 Å². The van der Waals surface area contributed by atoms with Crippen LogP contribution in [-0.4, -0.2) is 16.3 Å². The first-order valence-electron chi connectivity index (χ1n) is 5.65. The van der Waals surface area contributed by atoms with Crippen LogP contribution in [0.15, 0.2) is 0 Å². The van der Waals surface area contributed by atoms with Crippen molar-refractivity contribution >= 4 is 0 Å². The predicted octanol–water partition coefficient (Wildman–Crippen LogP) is 1.97. The Labute approximate surface area is 78.3 Å². The Morgan fingerprint density at radius 1 is 1.23 bits per heavy atom. The molecule has 0 spiro atoms. The molecule has 0 aromatic carbocycles. The van der Waals surface area contributed by atoms with E-state index in [0.29, 0.717) is 6.04 Å². The van der Waals surface area contributed by atoms with Crippen LogP contribution in [0.3, 0.4) is 0 Å². The van der Waals surface area contributed by atoms with Gasteiger partial charge in [-0.3, -0.25) is 0 Å². The molecule has 13 heavy (non-hydrogen) atoms. The van der Waals surface area contributed by atoms with Crippen molar-refractivity contribution in [2.45, 2.75) is 44.2 Å². The Hall–Kier alpha value is -0.400. The maximum Gasteiger partial charge on any atom is 0.208 e. The SMILES string of the molecule is CC12CC3CC4CC(C3C4C1)[N+]2=O. The number of nitrogens with zero attached hydrogens (tertiary/aromatic N) is 1. The van der Waals surface area contributed by atoms with Crippen molar-refractivity contribution in [3.63, 3.8) is 0 Å². The standard InChI is InChI=1S/C11H16NO/c1-11-4-7-2-6-3-9(12(11)13)10(7)8(6)5-11/h6-10H,2-5H2,1H3/q+1. The van der Waals surface area contributed by atoms with Gasteiger partial charge in [-0.1, -0.05) is 0 Å². The minimum atomic E-state index is 0.0417. The van der Waals surface area contributed by atoms with E-state index in [1.807, 2.05) is 0 Å². The zero-order chi connectivity index (χ0) is 8.79. The molecule has 6 atom stereocenters. The first kappa shape index (κ1) is 6.97. The van der Waals surface area contributed by atoms with Gasteiger partial charge in [-0.15, -0.1) is 0 Å². The van der Waals surface area contributed by atoms with Gasteiger partial charge in [-0.25, -0.2) is 0 Å². The highest BCUT2D eigenvalue weighted by Crippen LogP contribution is 2.66. The fraction of sp³-hybridized carbons (Fsp3) is 1.00. The lowest BCUT2D eigenvalue weighted by atomic mass is 9.64. The molecule has 0 aromatic rings. The maximum atomic E-state index is 12.0. The first-order chi connectivity index (χ1) is 6.19. The molecule has 6 bridgehead atoms. The molecule has 5 aliphatic rings. The summed E-state index contributed by atoms with van der Waals surface area (Å²) in [5.74, 6) is 3.61. The first-order valence-corrected chi connectivity index (χ1v) is 5.65. The van der Waals surface area contributed by atoms with Gasteiger partial charge in [0, 0.05) is 41.8 Å². The molecule has 2 saturated heterocycles. The van der Waals surface area contributed by atoms with Gasteiger partial charge in [0.1, 0.15) is 0 Å². The van der Waals surface area contributed by atoms with Crippen molar-refractivity contribution in [1.82, 2.24) is 0 Å². The lowest BCUT2D eigenvalue weighted by Gasteiger charge is -2.43. The molecule has 2 aliphatic heterocycles. The van der Waals surface area contributed by atoms with Crippen LogP contribution in [0.2, 0.25) is 0 Å². The van der Waals surface area contributed by atoms with E-state index in [4.69, 9.17) is 0 Å². The molecule has 0 aromatic heterocycles. The molecule has 70 valence electrons. The van der Waals surface area contributed by atoms with Gasteiger partial charge in [-0.05, 0) is 24.2 Å². The summed E-state index contributed by atoms with van der Waals surface area (Å²) in [5.41, 5.74) is 0.0417. The second-order valence-corrected chi connectivity index (χ2v) is 6.03. The third-order valence-corrected chi connectivity index (χ3v) is 5.45. The zero-order valence-corrected chi connectivity index (χ0v) is 8.07. The summed E-state index contributed by atoms with van der Waals surface area (Å²) in [6, 6.07) is 0.432. The second kappa shape index (κ2) is 1.71. The second-order valence-electron chi connectivity index (χ2n) is 6.03. The van der Waals surface area contributed by atoms with Gasteiger partial charge in [0.25, 0.3) is 0 Å². The van der Waals surface area contributed by atoms with Gasteiger partial charge >= 0.3 is 0 Å². The Balaban J connectivity index is 1.94. The van der Waals surface area contributed by atoms with E-state index in [0.717, 1.165) is 23.7 Å². The molecule has 3 saturated carbocycles. The van der Waals surface area contributed by atoms with E-state index in [1.54, 1.807) is 0 Å². The Bertz CT molecular complexity index is 313. The average Bonchev–Trinajstić information content (AvgIpc) is 2.51. The number of piperidine rings is 2. The van der Waals surface area contributed by atoms with E-state index in [9.17, 15) is 4.91 Å². The topological polar surface area (TPSA) is 20.1 Å². The summed E-state index contributed by atoms with van der Waals surface area (Å²) in [7, 11) is 0. The van der Waals surface area contributed by atoms with Crippen LogP contribution in [0.5, 0.6) is 0 Å². The number of hydrogen-bond acceptors (Lipinski definition) is 1. The molecule has 5 fully saturated rings. The van der Waals surface area contributed by atoms with Crippen molar-refractivity contribution in [1.29, 1.82) is 0 Å². The Morgan fingerprint density at radius 3 is 2.85 bits per heavy atom. The van der Waals surface area contributed by atoms with Crippen LogP contribution in [0.25, 0.3) is 0 Å². The van der Waals surface area contributed by atoms with E-state index in [1.165, 1.54) is 30.4 Å². The van der Waals surface area contributed by atoms with E-state index in [-0.39, 0.29) is 5.54 Å². The van der Waals surface area contributed by atoms with E-state index in [2.05, 4.69) is 6.92 Å². The van der Waals surface area contributed by atoms with Gasteiger partial charge in [0.05, 0.1) is 0 Å². The summed E-state index contributed by atoms with van der Waals surface area (Å²) >= 11 is 0. The molecule has 2 heterocycles. The Kier molecular flexibility index (Phi) is 0.917. The summed E-state index contributed by atoms with van der Waals surface area (Å²) < 4.78 is 1.49. The average molecular weight is 178 g/mol. The smallest absolute Gasteiger partial charge is 0.0463 e. The van der Waals surface area contributed by atoms with Crippen molar-refractivity contribution in [3.8, 4) is 0 Å². The largest absolute Gasteiger partial charge is 0.208 e. The fourth-order valence-corrected chi connectivity index (χ4v) is 5.23. The molecule has 0 N–H and O–H groups in total. The van der Waals surface area contributed by atoms with Crippen molar-refractivity contribution in [2.75, 3.05) is 0 Å². The van der Waals surface area contributed by atoms with Crippen LogP contribution < -0.4 is 0 Å². The fourth-order valence-electron chi connectivity index (χ4n) is 5.23. The molecule has 2 nitrogen and oxygen atoms in total. The van der Waals surface area contributed by atoms with Crippen LogP contribution in [0.1, 0.15) is 32.6 Å². The minimum Gasteiger partial charge on any atom is -0.0463 e. The lowest BCUT2D eigenvalue weighted by molar-refractivity contribution is -0.688. The third kappa shape index (κ3) is 0.562. The number of hydrogen-bond donors (Lipinski definition) is 0. The highest BCUT2D eigenvalue weighted by molar-refractivity contribution is 5.12. The quantitative estimate of drug-likeness (QED) is 0.519. The van der Waals surface area contributed by atoms with Crippen molar-refractivity contribution < 1.29 is 4.76 Å². The van der Waals surface area contributed by atoms with Gasteiger partial charge in [-0.2, -0.15) is 0 Å². The maximum absolute atomic E-state index is 12.0. The van der Waals surface area contributed by atoms with Crippen LogP contribution in [0.4, 0.5) is 0 Å². The van der Waals surface area contributed by atoms with Gasteiger partial charge in [0.2, 0.25) is 11.6 Å². The molecule has 0 radical (unpaired) electrons. The van der Waals surface area contributed by atoms with Crippen LogP contribution in [0, 0.1) is 28.6 Å². The molecule has 3 aliphatic carbocycles. The van der Waals surface area contributed by atoms with Crippen molar-refractivity contribution in [2.24, 2.45) is 23.7 Å². The third-order valence-electron chi connectivity index (χ3n) is 5.45.